The zero-order valence-electron chi connectivity index (χ0n) is 7.67. The molecule has 1 rings (SSSR count). The molecule has 0 unspecified atom stereocenters. The van der Waals surface area contributed by atoms with Gasteiger partial charge >= 0.3 is 11.9 Å². The molecule has 1 aromatic rings. The first-order chi connectivity index (χ1) is 6.72. The standard InChI is InChI=1S/C8H10N2O4/c1-13-7(11)2-3-8(12)14-10-5-4-9-6-10/h4-6H,2-3H2,1H3. The number of imidazole rings is 1. The van der Waals surface area contributed by atoms with Crippen LogP contribution in [0.1, 0.15) is 12.8 Å². The number of carbonyl (C=O) groups is 2. The van der Waals surface area contributed by atoms with Crippen molar-refractivity contribution in [3.8, 4) is 0 Å². The molecule has 0 aromatic carbocycles. The van der Waals surface area contributed by atoms with Crippen molar-refractivity contribution in [2.45, 2.75) is 12.8 Å². The molecule has 0 aliphatic carbocycles. The maximum absolute atomic E-state index is 11.1. The number of methoxy groups -OCH3 is 1. The lowest BCUT2D eigenvalue weighted by Gasteiger charge is -2.02. The molecule has 0 saturated heterocycles. The molecule has 0 N–H and O–H groups in total. The number of nitrogens with zero attached hydrogens (tertiary/aromatic N) is 2. The Labute approximate surface area is 80.4 Å². The number of aromatic nitrogens is 2. The van der Waals surface area contributed by atoms with Gasteiger partial charge in [0.05, 0.1) is 26.1 Å². The summed E-state index contributed by atoms with van der Waals surface area (Å²) < 4.78 is 5.54. The normalized spacial score (nSPS) is 9.50. The van der Waals surface area contributed by atoms with E-state index in [1.807, 2.05) is 0 Å². The Morgan fingerprint density at radius 3 is 2.64 bits per heavy atom. The van der Waals surface area contributed by atoms with E-state index in [0.717, 1.165) is 0 Å². The van der Waals surface area contributed by atoms with Gasteiger partial charge in [-0.25, -0.2) is 9.78 Å². The average Bonchev–Trinajstić information content (AvgIpc) is 2.66. The molecule has 76 valence electrons. The van der Waals surface area contributed by atoms with Gasteiger partial charge in [-0.3, -0.25) is 4.79 Å². The number of ether oxygens (including phenoxy) is 1. The molecule has 6 heteroatoms. The maximum atomic E-state index is 11.1. The molecular weight excluding hydrogens is 188 g/mol. The Balaban J connectivity index is 2.26. The lowest BCUT2D eigenvalue weighted by Crippen LogP contribution is -2.19. The molecule has 14 heavy (non-hydrogen) atoms. The van der Waals surface area contributed by atoms with Crippen LogP contribution in [0.5, 0.6) is 0 Å². The number of carbonyl (C=O) groups excluding carboxylic acids is 2. The zero-order valence-corrected chi connectivity index (χ0v) is 7.67. The molecule has 0 radical (unpaired) electrons. The van der Waals surface area contributed by atoms with E-state index in [1.165, 1.54) is 30.6 Å². The molecular formula is C8H10N2O4. The van der Waals surface area contributed by atoms with Gasteiger partial charge in [0.25, 0.3) is 0 Å². The fourth-order valence-electron chi connectivity index (χ4n) is 0.770. The first-order valence-corrected chi connectivity index (χ1v) is 3.98. The van der Waals surface area contributed by atoms with Crippen LogP contribution >= 0.6 is 0 Å². The summed E-state index contributed by atoms with van der Waals surface area (Å²) >= 11 is 0. The van der Waals surface area contributed by atoms with Crippen molar-refractivity contribution in [3.05, 3.63) is 18.7 Å². The monoisotopic (exact) mass is 198 g/mol. The zero-order chi connectivity index (χ0) is 10.4. The van der Waals surface area contributed by atoms with E-state index in [1.54, 1.807) is 0 Å². The van der Waals surface area contributed by atoms with Crippen LogP contribution in [-0.2, 0) is 14.3 Å². The third-order valence-electron chi connectivity index (χ3n) is 1.45. The van der Waals surface area contributed by atoms with Crippen LogP contribution in [0.3, 0.4) is 0 Å². The molecule has 0 spiro atoms. The summed E-state index contributed by atoms with van der Waals surface area (Å²) in [5.41, 5.74) is 0. The Bertz CT molecular complexity index is 307. The largest absolute Gasteiger partial charge is 0.469 e. The van der Waals surface area contributed by atoms with Crippen LogP contribution in [0.15, 0.2) is 18.7 Å². The van der Waals surface area contributed by atoms with Crippen LogP contribution in [0.25, 0.3) is 0 Å². The van der Waals surface area contributed by atoms with Crippen LogP contribution < -0.4 is 4.84 Å². The first kappa shape index (κ1) is 10.2. The number of esters is 1. The molecule has 0 saturated carbocycles. The van der Waals surface area contributed by atoms with E-state index in [-0.39, 0.29) is 12.8 Å². The second-order valence-corrected chi connectivity index (χ2v) is 2.46. The molecule has 0 amide bonds. The second-order valence-electron chi connectivity index (χ2n) is 2.46. The van der Waals surface area contributed by atoms with Gasteiger partial charge in [-0.1, -0.05) is 0 Å². The van der Waals surface area contributed by atoms with Crippen molar-refractivity contribution in [2.24, 2.45) is 0 Å². The van der Waals surface area contributed by atoms with Gasteiger partial charge in [-0.05, 0) is 0 Å². The van der Waals surface area contributed by atoms with Crippen molar-refractivity contribution in [1.82, 2.24) is 9.71 Å². The molecule has 1 aromatic heterocycles. The molecule has 0 atom stereocenters. The van der Waals surface area contributed by atoms with Crippen molar-refractivity contribution < 1.29 is 19.2 Å². The SMILES string of the molecule is COC(=O)CCC(=O)On1ccnc1. The van der Waals surface area contributed by atoms with E-state index >= 15 is 0 Å². The highest BCUT2D eigenvalue weighted by Gasteiger charge is 2.08. The minimum Gasteiger partial charge on any atom is -0.469 e. The summed E-state index contributed by atoms with van der Waals surface area (Å²) in [7, 11) is 1.27. The number of hydrogen-bond acceptors (Lipinski definition) is 5. The van der Waals surface area contributed by atoms with E-state index in [9.17, 15) is 9.59 Å². The summed E-state index contributed by atoms with van der Waals surface area (Å²) in [6.07, 6.45) is 4.31. The van der Waals surface area contributed by atoms with Crippen LogP contribution in [0.4, 0.5) is 0 Å². The van der Waals surface area contributed by atoms with Crippen LogP contribution in [0.2, 0.25) is 0 Å². The lowest BCUT2D eigenvalue weighted by molar-refractivity contribution is -0.149. The third kappa shape index (κ3) is 3.26. The minimum absolute atomic E-state index is 0.00907. The summed E-state index contributed by atoms with van der Waals surface area (Å²) in [6, 6.07) is 0. The quantitative estimate of drug-likeness (QED) is 0.626. The lowest BCUT2D eigenvalue weighted by atomic mass is 10.3. The Morgan fingerprint density at radius 2 is 2.07 bits per heavy atom. The van der Waals surface area contributed by atoms with E-state index < -0.39 is 11.9 Å². The fraction of sp³-hybridized carbons (Fsp3) is 0.375. The topological polar surface area (TPSA) is 70.4 Å². The van der Waals surface area contributed by atoms with Gasteiger partial charge in [0, 0.05) is 6.20 Å². The van der Waals surface area contributed by atoms with Gasteiger partial charge in [-0.2, -0.15) is 4.73 Å². The van der Waals surface area contributed by atoms with Crippen molar-refractivity contribution in [1.29, 1.82) is 0 Å². The highest BCUT2D eigenvalue weighted by atomic mass is 16.7. The van der Waals surface area contributed by atoms with Crippen molar-refractivity contribution in [3.63, 3.8) is 0 Å². The summed E-state index contributed by atoms with van der Waals surface area (Å²) in [6.45, 7) is 0. The molecule has 0 bridgehead atoms. The Morgan fingerprint density at radius 1 is 1.36 bits per heavy atom. The predicted octanol–water partition coefficient (Wildman–Crippen LogP) is -0.209. The van der Waals surface area contributed by atoms with E-state index in [2.05, 4.69) is 9.72 Å². The minimum atomic E-state index is -0.506. The predicted molar refractivity (Wildman–Crippen MR) is 45.1 cm³/mol. The Hall–Kier alpha value is -1.85. The second kappa shape index (κ2) is 5.00. The average molecular weight is 198 g/mol. The summed E-state index contributed by atoms with van der Waals surface area (Å²) in [4.78, 5) is 30.2. The fourth-order valence-corrected chi connectivity index (χ4v) is 0.770. The van der Waals surface area contributed by atoms with Gasteiger partial charge in [0.15, 0.2) is 0 Å². The molecule has 6 nitrogen and oxygen atoms in total. The van der Waals surface area contributed by atoms with Gasteiger partial charge in [0.1, 0.15) is 6.33 Å². The molecule has 1 heterocycles. The summed E-state index contributed by atoms with van der Waals surface area (Å²) in [5, 5.41) is 0. The van der Waals surface area contributed by atoms with Gasteiger partial charge in [0.2, 0.25) is 0 Å². The Kier molecular flexibility index (Phi) is 3.66. The number of rotatable bonds is 4. The maximum Gasteiger partial charge on any atom is 0.333 e. The van der Waals surface area contributed by atoms with Crippen molar-refractivity contribution >= 4 is 11.9 Å². The van der Waals surface area contributed by atoms with E-state index in [0.29, 0.717) is 0 Å². The molecule has 0 aliphatic heterocycles. The van der Waals surface area contributed by atoms with E-state index in [4.69, 9.17) is 4.84 Å². The smallest absolute Gasteiger partial charge is 0.333 e. The first-order valence-electron chi connectivity index (χ1n) is 3.98. The van der Waals surface area contributed by atoms with Gasteiger partial charge in [-0.15, -0.1) is 0 Å². The number of hydrogen-bond donors (Lipinski definition) is 0. The summed E-state index contributed by atoms with van der Waals surface area (Å²) in [5.74, 6) is -0.944. The van der Waals surface area contributed by atoms with Crippen molar-refractivity contribution in [2.75, 3.05) is 7.11 Å². The highest BCUT2D eigenvalue weighted by molar-refractivity contribution is 5.77. The molecule has 0 aliphatic rings. The van der Waals surface area contributed by atoms with Crippen LogP contribution in [-0.4, -0.2) is 28.8 Å². The molecule has 0 fully saturated rings. The highest BCUT2D eigenvalue weighted by Crippen LogP contribution is 1.93. The van der Waals surface area contributed by atoms with Crippen LogP contribution in [0, 0.1) is 0 Å². The third-order valence-corrected chi connectivity index (χ3v) is 1.45. The van der Waals surface area contributed by atoms with Gasteiger partial charge < -0.3 is 9.57 Å².